The van der Waals surface area contributed by atoms with Gasteiger partial charge in [0.05, 0.1) is 12.5 Å². The first kappa shape index (κ1) is 23.9. The molecule has 0 aliphatic carbocycles. The van der Waals surface area contributed by atoms with E-state index in [0.29, 0.717) is 12.2 Å². The molecule has 2 aromatic carbocycles. The van der Waals surface area contributed by atoms with Crippen LogP contribution in [0.15, 0.2) is 61.1 Å². The van der Waals surface area contributed by atoms with Gasteiger partial charge in [-0.3, -0.25) is 19.5 Å². The smallest absolute Gasteiger partial charge is 0.217 e. The molecule has 0 spiro atoms. The van der Waals surface area contributed by atoms with Crippen LogP contribution >= 0.6 is 0 Å². The lowest BCUT2D eigenvalue weighted by molar-refractivity contribution is -0.130. The Labute approximate surface area is 202 Å². The summed E-state index contributed by atoms with van der Waals surface area (Å²) in [4.78, 5) is 45.8. The highest BCUT2D eigenvalue weighted by Crippen LogP contribution is 2.24. The molecule has 2 atom stereocenters. The number of amides is 1. The summed E-state index contributed by atoms with van der Waals surface area (Å²) in [6.45, 7) is 1.36. The summed E-state index contributed by atoms with van der Waals surface area (Å²) in [5.74, 6) is -0.747. The molecule has 4 rings (SSSR count). The Hall–Kier alpha value is -4.27. The van der Waals surface area contributed by atoms with Crippen LogP contribution in [0.2, 0.25) is 0 Å². The van der Waals surface area contributed by atoms with E-state index in [9.17, 15) is 19.5 Å². The Morgan fingerprint density at radius 1 is 1.03 bits per heavy atom. The zero-order chi connectivity index (χ0) is 24.8. The maximum atomic E-state index is 13.4. The second kappa shape index (κ2) is 10.8. The summed E-state index contributed by atoms with van der Waals surface area (Å²) in [5, 5.41) is 19.8. The molecule has 9 nitrogen and oxygen atoms in total. The molecule has 180 valence electrons. The number of fused-ring (bicyclic) bond motifs is 1. The van der Waals surface area contributed by atoms with Gasteiger partial charge in [0.25, 0.3) is 0 Å². The van der Waals surface area contributed by atoms with E-state index < -0.39 is 12.0 Å². The number of ketones is 2. The van der Waals surface area contributed by atoms with Crippen LogP contribution in [0.3, 0.4) is 0 Å². The van der Waals surface area contributed by atoms with Crippen LogP contribution in [0, 0.1) is 5.92 Å². The number of aromatic amines is 2. The molecule has 0 bridgehead atoms. The summed E-state index contributed by atoms with van der Waals surface area (Å²) in [6, 6.07) is 13.5. The second-order valence-electron chi connectivity index (χ2n) is 8.63. The number of carbonyl (C=O) groups is 3. The van der Waals surface area contributed by atoms with E-state index in [-0.39, 0.29) is 42.5 Å². The number of Topliss-reactive ketones (excluding diaryl/α,β-unsaturated/α-hetero) is 2. The van der Waals surface area contributed by atoms with Crippen molar-refractivity contribution in [1.29, 1.82) is 0 Å². The number of phenolic OH excluding ortho intramolecular Hbond substituents is 1. The number of rotatable bonds is 11. The van der Waals surface area contributed by atoms with Crippen LogP contribution in [0.4, 0.5) is 0 Å². The number of nitrogens with zero attached hydrogens (tertiary/aromatic N) is 2. The fraction of sp³-hybridized carbons (Fsp3) is 0.269. The van der Waals surface area contributed by atoms with Gasteiger partial charge in [-0.2, -0.15) is 5.10 Å². The van der Waals surface area contributed by atoms with E-state index in [0.717, 1.165) is 22.0 Å². The van der Waals surface area contributed by atoms with Crippen molar-refractivity contribution in [1.82, 2.24) is 25.5 Å². The predicted octanol–water partition coefficient (Wildman–Crippen LogP) is 2.67. The van der Waals surface area contributed by atoms with Crippen LogP contribution in [0.1, 0.15) is 30.3 Å². The molecule has 4 N–H and O–H groups in total. The topological polar surface area (TPSA) is 141 Å². The number of para-hydroxylation sites is 1. The summed E-state index contributed by atoms with van der Waals surface area (Å²) >= 11 is 0. The molecule has 0 aliphatic rings. The number of aromatic nitrogens is 4. The lowest BCUT2D eigenvalue weighted by Gasteiger charge is -2.21. The van der Waals surface area contributed by atoms with Gasteiger partial charge in [-0.25, -0.2) is 4.98 Å². The molecule has 0 fully saturated rings. The molecular formula is C26H27N5O4. The predicted molar refractivity (Wildman–Crippen MR) is 130 cm³/mol. The van der Waals surface area contributed by atoms with E-state index in [1.54, 1.807) is 12.1 Å². The van der Waals surface area contributed by atoms with Gasteiger partial charge in [0.15, 0.2) is 5.78 Å². The van der Waals surface area contributed by atoms with Crippen LogP contribution in [-0.4, -0.2) is 48.8 Å². The third kappa shape index (κ3) is 6.20. The van der Waals surface area contributed by atoms with Crippen molar-refractivity contribution < 1.29 is 19.5 Å². The molecule has 2 aromatic heterocycles. The average Bonchev–Trinajstić information content (AvgIpc) is 3.49. The summed E-state index contributed by atoms with van der Waals surface area (Å²) < 4.78 is 0. The van der Waals surface area contributed by atoms with Gasteiger partial charge in [-0.05, 0) is 42.2 Å². The molecule has 0 radical (unpaired) electrons. The number of nitrogens with one attached hydrogen (secondary N) is 3. The molecule has 0 unspecified atom stereocenters. The van der Waals surface area contributed by atoms with E-state index >= 15 is 0 Å². The molecule has 0 aliphatic heterocycles. The molecule has 0 saturated carbocycles. The third-order valence-electron chi connectivity index (χ3n) is 5.99. The van der Waals surface area contributed by atoms with Crippen molar-refractivity contribution in [3.05, 3.63) is 78.0 Å². The Morgan fingerprint density at radius 2 is 1.80 bits per heavy atom. The first-order valence-corrected chi connectivity index (χ1v) is 11.4. The highest BCUT2D eigenvalue weighted by Gasteiger charge is 2.28. The normalized spacial score (nSPS) is 12.8. The lowest BCUT2D eigenvalue weighted by Crippen LogP contribution is -2.42. The van der Waals surface area contributed by atoms with Crippen molar-refractivity contribution in [2.75, 3.05) is 0 Å². The summed E-state index contributed by atoms with van der Waals surface area (Å²) in [7, 11) is 0. The SMILES string of the molecule is CC(=O)N[C@@H](Cc1ccc(O)cc1)C(=O)C[C@@H](Cc1c[nH]c2ccccc12)C(=O)Cc1ncn[nH]1. The summed E-state index contributed by atoms with van der Waals surface area (Å²) in [6.07, 6.45) is 3.83. The fourth-order valence-electron chi connectivity index (χ4n) is 4.23. The van der Waals surface area contributed by atoms with E-state index in [1.807, 2.05) is 30.5 Å². The zero-order valence-electron chi connectivity index (χ0n) is 19.3. The highest BCUT2D eigenvalue weighted by molar-refractivity contribution is 5.94. The van der Waals surface area contributed by atoms with E-state index in [4.69, 9.17) is 0 Å². The number of aromatic hydroxyl groups is 1. The molecular weight excluding hydrogens is 446 g/mol. The van der Waals surface area contributed by atoms with Gasteiger partial charge in [0, 0.05) is 36.4 Å². The molecule has 35 heavy (non-hydrogen) atoms. The van der Waals surface area contributed by atoms with Crippen molar-refractivity contribution in [2.24, 2.45) is 5.92 Å². The van der Waals surface area contributed by atoms with E-state index in [2.05, 4.69) is 25.5 Å². The Bertz CT molecular complexity index is 1310. The van der Waals surface area contributed by atoms with Gasteiger partial charge in [0.1, 0.15) is 23.7 Å². The van der Waals surface area contributed by atoms with Crippen molar-refractivity contribution in [3.63, 3.8) is 0 Å². The van der Waals surface area contributed by atoms with Crippen LogP contribution < -0.4 is 5.32 Å². The lowest BCUT2D eigenvalue weighted by atomic mass is 9.86. The molecule has 4 aromatic rings. The first-order chi connectivity index (χ1) is 16.9. The van der Waals surface area contributed by atoms with Gasteiger partial charge >= 0.3 is 0 Å². The first-order valence-electron chi connectivity index (χ1n) is 11.4. The average molecular weight is 474 g/mol. The number of benzene rings is 2. The van der Waals surface area contributed by atoms with Gasteiger partial charge in [0.2, 0.25) is 5.91 Å². The minimum absolute atomic E-state index is 0.0308. The zero-order valence-corrected chi connectivity index (χ0v) is 19.3. The third-order valence-corrected chi connectivity index (χ3v) is 5.99. The Balaban J connectivity index is 1.56. The van der Waals surface area contributed by atoms with Crippen molar-refractivity contribution in [2.45, 2.75) is 38.6 Å². The molecule has 1 amide bonds. The molecule has 9 heteroatoms. The number of hydrogen-bond donors (Lipinski definition) is 4. The minimum Gasteiger partial charge on any atom is -0.508 e. The van der Waals surface area contributed by atoms with Crippen LogP contribution in [0.25, 0.3) is 10.9 Å². The maximum Gasteiger partial charge on any atom is 0.217 e. The van der Waals surface area contributed by atoms with Crippen molar-refractivity contribution in [3.8, 4) is 5.75 Å². The number of phenols is 1. The number of H-pyrrole nitrogens is 2. The van der Waals surface area contributed by atoms with Crippen LogP contribution in [-0.2, 0) is 33.6 Å². The summed E-state index contributed by atoms with van der Waals surface area (Å²) in [5.41, 5.74) is 2.69. The highest BCUT2D eigenvalue weighted by atomic mass is 16.3. The van der Waals surface area contributed by atoms with Gasteiger partial charge in [-0.1, -0.05) is 30.3 Å². The number of hydrogen-bond acceptors (Lipinski definition) is 6. The second-order valence-corrected chi connectivity index (χ2v) is 8.63. The number of carbonyl (C=O) groups excluding carboxylic acids is 3. The van der Waals surface area contributed by atoms with E-state index in [1.165, 1.54) is 25.4 Å². The Morgan fingerprint density at radius 3 is 2.51 bits per heavy atom. The van der Waals surface area contributed by atoms with Gasteiger partial charge in [-0.15, -0.1) is 0 Å². The quantitative estimate of drug-likeness (QED) is 0.264. The van der Waals surface area contributed by atoms with Crippen molar-refractivity contribution >= 4 is 28.4 Å². The maximum absolute atomic E-state index is 13.4. The minimum atomic E-state index is -0.791. The molecule has 2 heterocycles. The monoisotopic (exact) mass is 473 g/mol. The van der Waals surface area contributed by atoms with Crippen LogP contribution in [0.5, 0.6) is 5.75 Å². The Kier molecular flexibility index (Phi) is 7.35. The standard InChI is InChI=1S/C26H27N5O4/c1-16(32)30-23(10-17-6-8-20(33)9-7-17)25(35)12-18(24(34)13-26-28-15-29-31-26)11-19-14-27-22-5-3-2-4-21(19)22/h2-9,14-15,18,23,27,33H,10-13H2,1H3,(H,30,32)(H,28,29,31)/t18-,23+/m1/s1. The largest absolute Gasteiger partial charge is 0.508 e. The van der Waals surface area contributed by atoms with Gasteiger partial charge < -0.3 is 15.4 Å². The molecule has 0 saturated heterocycles. The fourth-order valence-corrected chi connectivity index (χ4v) is 4.23.